The molecule has 1 aromatic heterocycles. The van der Waals surface area contributed by atoms with Crippen LogP contribution < -0.4 is 20.9 Å². The number of hydrogen-bond donors (Lipinski definition) is 3. The second kappa shape index (κ2) is 8.90. The van der Waals surface area contributed by atoms with Crippen LogP contribution in [0.4, 0.5) is 4.79 Å². The van der Waals surface area contributed by atoms with Crippen molar-refractivity contribution in [3.05, 3.63) is 51.2 Å². The molecule has 1 atom stereocenters. The maximum Gasteiger partial charge on any atom is 0.333 e. The van der Waals surface area contributed by atoms with Gasteiger partial charge in [0.25, 0.3) is 5.91 Å². The Labute approximate surface area is 163 Å². The van der Waals surface area contributed by atoms with E-state index in [0.717, 1.165) is 24.2 Å². The highest BCUT2D eigenvalue weighted by atomic mass is 32.1. The Morgan fingerprint density at radius 3 is 2.89 bits per heavy atom. The van der Waals surface area contributed by atoms with Crippen LogP contribution in [0.5, 0.6) is 5.75 Å². The number of methoxy groups -OCH3 is 1. The van der Waals surface area contributed by atoms with Crippen LogP contribution in [0, 0.1) is 5.92 Å². The van der Waals surface area contributed by atoms with Gasteiger partial charge in [-0.3, -0.25) is 10.2 Å². The fourth-order valence-electron chi connectivity index (χ4n) is 3.26. The zero-order chi connectivity index (χ0) is 19.2. The minimum absolute atomic E-state index is 0.276. The summed E-state index contributed by atoms with van der Waals surface area (Å²) in [6, 6.07) is 9.19. The zero-order valence-electron chi connectivity index (χ0n) is 15.6. The first-order chi connectivity index (χ1) is 13.1. The van der Waals surface area contributed by atoms with Crippen LogP contribution in [0.1, 0.15) is 39.0 Å². The maximum atomic E-state index is 12.3. The summed E-state index contributed by atoms with van der Waals surface area (Å²) in [6.45, 7) is 2.67. The Balaban J connectivity index is 1.43. The molecule has 0 bridgehead atoms. The average Bonchev–Trinajstić information content (AvgIpc) is 3.09. The summed E-state index contributed by atoms with van der Waals surface area (Å²) in [5.74, 6) is 1.18. The molecule has 0 saturated carbocycles. The number of benzene rings is 1. The molecule has 1 heterocycles. The lowest BCUT2D eigenvalue weighted by Gasteiger charge is -2.16. The summed E-state index contributed by atoms with van der Waals surface area (Å²) >= 11 is 1.52. The number of rotatable bonds is 5. The number of amides is 3. The SMILES string of the molecule is COc1ccccc1CCNC(=O)NNC(=O)c1cc2c(s1)CCC(C)C2. The van der Waals surface area contributed by atoms with Crippen molar-refractivity contribution in [2.24, 2.45) is 5.92 Å². The Kier molecular flexibility index (Phi) is 6.34. The standard InChI is InChI=1S/C20H25N3O3S/c1-13-7-8-17-15(11-13)12-18(27-17)19(24)22-23-20(25)21-10-9-14-5-3-4-6-16(14)26-2/h3-6,12-13H,7-11H2,1-2H3,(H,22,24)(H2,21,23,25). The van der Waals surface area contributed by atoms with Crippen LogP contribution in [0.2, 0.25) is 0 Å². The molecule has 0 fully saturated rings. The smallest absolute Gasteiger partial charge is 0.333 e. The molecule has 2 aromatic rings. The molecule has 1 aliphatic carbocycles. The van der Waals surface area contributed by atoms with Crippen molar-refractivity contribution in [3.63, 3.8) is 0 Å². The van der Waals surface area contributed by atoms with Gasteiger partial charge in [-0.15, -0.1) is 11.3 Å². The molecular formula is C20H25N3O3S. The summed E-state index contributed by atoms with van der Waals surface area (Å²) in [4.78, 5) is 26.1. The number of nitrogens with one attached hydrogen (secondary N) is 3. The second-order valence-corrected chi connectivity index (χ2v) is 7.94. The Morgan fingerprint density at radius 2 is 2.07 bits per heavy atom. The summed E-state index contributed by atoms with van der Waals surface area (Å²) in [7, 11) is 1.62. The number of thiophene rings is 1. The van der Waals surface area contributed by atoms with E-state index in [9.17, 15) is 9.59 Å². The lowest BCUT2D eigenvalue weighted by Crippen LogP contribution is -2.47. The second-order valence-electron chi connectivity index (χ2n) is 6.80. The summed E-state index contributed by atoms with van der Waals surface area (Å²) in [5, 5.41) is 2.73. The van der Waals surface area contributed by atoms with Gasteiger partial charge >= 0.3 is 6.03 Å². The molecule has 7 heteroatoms. The molecule has 0 aliphatic heterocycles. The number of carbonyl (C=O) groups excluding carboxylic acids is 2. The number of hydrogen-bond acceptors (Lipinski definition) is 4. The van der Waals surface area contributed by atoms with Gasteiger partial charge < -0.3 is 10.1 Å². The van der Waals surface area contributed by atoms with E-state index >= 15 is 0 Å². The van der Waals surface area contributed by atoms with Gasteiger partial charge in [0.1, 0.15) is 5.75 Å². The van der Waals surface area contributed by atoms with Crippen LogP contribution >= 0.6 is 11.3 Å². The molecule has 3 N–H and O–H groups in total. The molecule has 1 unspecified atom stereocenters. The van der Waals surface area contributed by atoms with Gasteiger partial charge in [-0.25, -0.2) is 10.2 Å². The van der Waals surface area contributed by atoms with Crippen LogP contribution in [-0.2, 0) is 19.3 Å². The van der Waals surface area contributed by atoms with Crippen molar-refractivity contribution in [1.29, 1.82) is 0 Å². The number of para-hydroxylation sites is 1. The number of carbonyl (C=O) groups is 2. The van der Waals surface area contributed by atoms with E-state index in [1.807, 2.05) is 30.3 Å². The first kappa shape index (κ1) is 19.2. The van der Waals surface area contributed by atoms with Crippen LogP contribution in [0.15, 0.2) is 30.3 Å². The Hall–Kier alpha value is -2.54. The summed E-state index contributed by atoms with van der Waals surface area (Å²) in [5.41, 5.74) is 7.17. The minimum atomic E-state index is -0.437. The Morgan fingerprint density at radius 1 is 1.26 bits per heavy atom. The third-order valence-corrected chi connectivity index (χ3v) is 5.95. The topological polar surface area (TPSA) is 79.5 Å². The summed E-state index contributed by atoms with van der Waals surface area (Å²) < 4.78 is 5.29. The fraction of sp³-hybridized carbons (Fsp3) is 0.400. The number of aryl methyl sites for hydroxylation is 1. The van der Waals surface area contributed by atoms with E-state index < -0.39 is 6.03 Å². The summed E-state index contributed by atoms with van der Waals surface area (Å²) in [6.07, 6.45) is 3.87. The monoisotopic (exact) mass is 387 g/mol. The first-order valence-corrected chi connectivity index (χ1v) is 9.96. The molecule has 1 aliphatic rings. The molecule has 27 heavy (non-hydrogen) atoms. The van der Waals surface area contributed by atoms with Crippen molar-refractivity contribution in [3.8, 4) is 5.75 Å². The van der Waals surface area contributed by atoms with Crippen LogP contribution in [0.25, 0.3) is 0 Å². The van der Waals surface area contributed by atoms with Crippen molar-refractivity contribution in [2.75, 3.05) is 13.7 Å². The number of fused-ring (bicyclic) bond motifs is 1. The maximum absolute atomic E-state index is 12.3. The quantitative estimate of drug-likeness (QED) is 0.690. The van der Waals surface area contributed by atoms with Crippen molar-refractivity contribution in [2.45, 2.75) is 32.6 Å². The van der Waals surface area contributed by atoms with E-state index in [-0.39, 0.29) is 5.91 Å². The molecule has 1 aromatic carbocycles. The molecule has 6 nitrogen and oxygen atoms in total. The highest BCUT2D eigenvalue weighted by Crippen LogP contribution is 2.32. The number of urea groups is 1. The molecule has 144 valence electrons. The van der Waals surface area contributed by atoms with Crippen molar-refractivity contribution < 1.29 is 14.3 Å². The third kappa shape index (κ3) is 5.01. The van der Waals surface area contributed by atoms with Gasteiger partial charge in [-0.2, -0.15) is 0 Å². The molecule has 0 spiro atoms. The van der Waals surface area contributed by atoms with Gasteiger partial charge in [0, 0.05) is 11.4 Å². The number of hydrazine groups is 1. The first-order valence-electron chi connectivity index (χ1n) is 9.14. The molecule has 3 rings (SSSR count). The molecule has 3 amide bonds. The van der Waals surface area contributed by atoms with Gasteiger partial charge in [0.2, 0.25) is 0 Å². The van der Waals surface area contributed by atoms with E-state index in [1.165, 1.54) is 28.2 Å². The molecule has 0 saturated heterocycles. The average molecular weight is 388 g/mol. The molecule has 0 radical (unpaired) electrons. The third-order valence-electron chi connectivity index (χ3n) is 4.71. The van der Waals surface area contributed by atoms with E-state index in [2.05, 4.69) is 23.1 Å². The van der Waals surface area contributed by atoms with Gasteiger partial charge in [-0.1, -0.05) is 25.1 Å². The highest BCUT2D eigenvalue weighted by Gasteiger charge is 2.20. The van der Waals surface area contributed by atoms with Gasteiger partial charge in [-0.05, 0) is 54.9 Å². The van der Waals surface area contributed by atoms with E-state index in [1.54, 1.807) is 7.11 Å². The predicted molar refractivity (Wildman–Crippen MR) is 106 cm³/mol. The van der Waals surface area contributed by atoms with E-state index in [0.29, 0.717) is 23.8 Å². The van der Waals surface area contributed by atoms with Crippen LogP contribution in [0.3, 0.4) is 0 Å². The van der Waals surface area contributed by atoms with Crippen molar-refractivity contribution >= 4 is 23.3 Å². The normalized spacial score (nSPS) is 15.6. The van der Waals surface area contributed by atoms with Gasteiger partial charge in [0.15, 0.2) is 0 Å². The lowest BCUT2D eigenvalue weighted by molar-refractivity contribution is 0.0940. The highest BCUT2D eigenvalue weighted by molar-refractivity contribution is 7.14. The van der Waals surface area contributed by atoms with Gasteiger partial charge in [0.05, 0.1) is 12.0 Å². The van der Waals surface area contributed by atoms with E-state index in [4.69, 9.17) is 4.74 Å². The lowest BCUT2D eigenvalue weighted by atomic mass is 9.90. The minimum Gasteiger partial charge on any atom is -0.496 e. The van der Waals surface area contributed by atoms with Crippen LogP contribution in [-0.4, -0.2) is 25.6 Å². The Bertz CT molecular complexity index is 819. The predicted octanol–water partition coefficient (Wildman–Crippen LogP) is 3.07. The number of ether oxygens (including phenoxy) is 1. The molecular weight excluding hydrogens is 362 g/mol. The fourth-order valence-corrected chi connectivity index (χ4v) is 4.36. The van der Waals surface area contributed by atoms with Crippen molar-refractivity contribution in [1.82, 2.24) is 16.2 Å². The zero-order valence-corrected chi connectivity index (χ0v) is 16.4. The largest absolute Gasteiger partial charge is 0.496 e.